The highest BCUT2D eigenvalue weighted by Crippen LogP contribution is 2.28. The molecule has 0 aromatic heterocycles. The van der Waals surface area contributed by atoms with E-state index in [2.05, 4.69) is 36.5 Å². The fraction of sp³-hybridized carbons (Fsp3) is 0.333. The van der Waals surface area contributed by atoms with E-state index in [1.807, 2.05) is 6.07 Å². The Kier molecular flexibility index (Phi) is 2.35. The van der Waals surface area contributed by atoms with Gasteiger partial charge in [0.25, 0.3) is 0 Å². The second-order valence-corrected chi connectivity index (χ2v) is 3.41. The zero-order valence-corrected chi connectivity index (χ0v) is 7.96. The molecule has 1 aliphatic heterocycles. The monoisotopic (exact) mass is 172 g/mol. The van der Waals surface area contributed by atoms with Crippen LogP contribution in [0.4, 0.5) is 5.69 Å². The number of benzene rings is 1. The molecule has 0 saturated carbocycles. The highest BCUT2D eigenvalue weighted by Gasteiger charge is 2.11. The van der Waals surface area contributed by atoms with Gasteiger partial charge in [-0.2, -0.15) is 0 Å². The first-order chi connectivity index (χ1) is 6.40. The molecule has 0 unspecified atom stereocenters. The van der Waals surface area contributed by atoms with Crippen LogP contribution in [0.25, 0.3) is 6.08 Å². The molecular weight excluding hydrogens is 158 g/mol. The van der Waals surface area contributed by atoms with Crippen molar-refractivity contribution in [2.75, 3.05) is 0 Å². The van der Waals surface area contributed by atoms with Crippen molar-refractivity contribution in [1.82, 2.24) is 5.32 Å². The Balaban J connectivity index is 2.08. The lowest BCUT2D eigenvalue weighted by Crippen LogP contribution is -1.91. The molecule has 1 aromatic rings. The van der Waals surface area contributed by atoms with Gasteiger partial charge in [-0.3, -0.25) is 5.32 Å². The van der Waals surface area contributed by atoms with Crippen molar-refractivity contribution in [1.29, 1.82) is 0 Å². The van der Waals surface area contributed by atoms with Crippen LogP contribution in [0.2, 0.25) is 0 Å². The number of nitrogens with zero attached hydrogens (tertiary/aromatic N) is 1. The maximum atomic E-state index is 4.55. The Morgan fingerprint density at radius 3 is 2.85 bits per heavy atom. The van der Waals surface area contributed by atoms with E-state index in [9.17, 15) is 0 Å². The molecule has 1 heteroatoms. The van der Waals surface area contributed by atoms with Crippen LogP contribution >= 0.6 is 0 Å². The quantitative estimate of drug-likeness (QED) is 0.663. The minimum atomic E-state index is 1.12. The number of hydrogen-bond acceptors (Lipinski definition) is 0. The molecule has 0 bridgehead atoms. The first-order valence-corrected chi connectivity index (χ1v) is 4.91. The second kappa shape index (κ2) is 3.65. The number of fused-ring (bicyclic) bond motifs is 1. The van der Waals surface area contributed by atoms with Gasteiger partial charge in [-0.15, -0.1) is 0 Å². The molecule has 0 saturated heterocycles. The lowest BCUT2D eigenvalue weighted by molar-refractivity contribution is 0.763. The number of hydrogen-bond donors (Lipinski definition) is 0. The molecular formula is C12H14N. The predicted octanol–water partition coefficient (Wildman–Crippen LogP) is 3.47. The fourth-order valence-electron chi connectivity index (χ4n) is 1.56. The first kappa shape index (κ1) is 8.36. The molecule has 1 radical (unpaired) electrons. The molecule has 1 heterocycles. The predicted molar refractivity (Wildman–Crippen MR) is 55.7 cm³/mol. The van der Waals surface area contributed by atoms with Crippen LogP contribution in [0.1, 0.15) is 31.7 Å². The standard InChI is InChI=1S/C12H14N/c1-2-3-7-11-9-10-6-4-5-8-12(10)13-11/h4-6,8-9H,2-3,7H2,1H3. The lowest BCUT2D eigenvalue weighted by atomic mass is 10.2. The summed E-state index contributed by atoms with van der Waals surface area (Å²) in [5.41, 5.74) is 3.64. The summed E-state index contributed by atoms with van der Waals surface area (Å²) >= 11 is 0. The van der Waals surface area contributed by atoms with E-state index < -0.39 is 0 Å². The minimum absolute atomic E-state index is 1.12. The van der Waals surface area contributed by atoms with Gasteiger partial charge in [0.15, 0.2) is 0 Å². The summed E-state index contributed by atoms with van der Waals surface area (Å²) in [7, 11) is 0. The second-order valence-electron chi connectivity index (χ2n) is 3.41. The third-order valence-electron chi connectivity index (χ3n) is 2.31. The highest BCUT2D eigenvalue weighted by molar-refractivity contribution is 5.71. The molecule has 0 atom stereocenters. The summed E-state index contributed by atoms with van der Waals surface area (Å²) in [6.45, 7) is 2.21. The first-order valence-electron chi connectivity index (χ1n) is 4.91. The number of rotatable bonds is 3. The molecule has 1 aromatic carbocycles. The number of allylic oxidation sites excluding steroid dienone is 1. The third kappa shape index (κ3) is 1.74. The van der Waals surface area contributed by atoms with E-state index in [4.69, 9.17) is 0 Å². The van der Waals surface area contributed by atoms with Crippen LogP contribution in [0, 0.1) is 0 Å². The van der Waals surface area contributed by atoms with Crippen LogP contribution in [0.3, 0.4) is 0 Å². The van der Waals surface area contributed by atoms with Crippen molar-refractivity contribution in [3.05, 3.63) is 35.5 Å². The Hall–Kier alpha value is -1.24. The van der Waals surface area contributed by atoms with Gasteiger partial charge in [0, 0.05) is 11.3 Å². The summed E-state index contributed by atoms with van der Waals surface area (Å²) in [4.78, 5) is 0. The van der Waals surface area contributed by atoms with Gasteiger partial charge in [-0.25, -0.2) is 0 Å². The van der Waals surface area contributed by atoms with Gasteiger partial charge in [0.05, 0.1) is 5.69 Å². The molecule has 13 heavy (non-hydrogen) atoms. The van der Waals surface area contributed by atoms with Crippen LogP contribution in [-0.4, -0.2) is 0 Å². The van der Waals surface area contributed by atoms with Crippen LogP contribution in [0.15, 0.2) is 30.0 Å². The van der Waals surface area contributed by atoms with E-state index in [0.717, 1.165) is 12.1 Å². The molecule has 2 rings (SSSR count). The van der Waals surface area contributed by atoms with Crippen molar-refractivity contribution in [3.8, 4) is 0 Å². The number of para-hydroxylation sites is 1. The summed E-state index contributed by atoms with van der Waals surface area (Å²) in [6.07, 6.45) is 5.79. The smallest absolute Gasteiger partial charge is 0.0705 e. The zero-order chi connectivity index (χ0) is 9.10. The van der Waals surface area contributed by atoms with E-state index in [-0.39, 0.29) is 0 Å². The SMILES string of the molecule is CCCCC1=Cc2ccccc2[N]1. The van der Waals surface area contributed by atoms with E-state index in [0.29, 0.717) is 0 Å². The average Bonchev–Trinajstić information content (AvgIpc) is 2.57. The van der Waals surface area contributed by atoms with E-state index in [1.54, 1.807) is 0 Å². The normalized spacial score (nSPS) is 13.5. The van der Waals surface area contributed by atoms with Gasteiger partial charge in [-0.05, 0) is 25.0 Å². The molecule has 0 fully saturated rings. The van der Waals surface area contributed by atoms with E-state index >= 15 is 0 Å². The molecule has 0 amide bonds. The van der Waals surface area contributed by atoms with Crippen molar-refractivity contribution in [2.24, 2.45) is 0 Å². The van der Waals surface area contributed by atoms with Crippen molar-refractivity contribution in [2.45, 2.75) is 26.2 Å². The van der Waals surface area contributed by atoms with Gasteiger partial charge >= 0.3 is 0 Å². The molecule has 1 nitrogen and oxygen atoms in total. The average molecular weight is 172 g/mol. The molecule has 0 aliphatic carbocycles. The Labute approximate surface area is 79.5 Å². The van der Waals surface area contributed by atoms with Gasteiger partial charge in [0.1, 0.15) is 0 Å². The zero-order valence-electron chi connectivity index (χ0n) is 7.96. The van der Waals surface area contributed by atoms with Crippen LogP contribution in [0.5, 0.6) is 0 Å². The summed E-state index contributed by atoms with van der Waals surface area (Å²) in [6, 6.07) is 8.30. The number of unbranched alkanes of at least 4 members (excludes halogenated alkanes) is 1. The third-order valence-corrected chi connectivity index (χ3v) is 2.31. The van der Waals surface area contributed by atoms with Crippen LogP contribution < -0.4 is 5.32 Å². The molecule has 1 aliphatic rings. The van der Waals surface area contributed by atoms with Crippen LogP contribution in [-0.2, 0) is 0 Å². The van der Waals surface area contributed by atoms with Crippen molar-refractivity contribution in [3.63, 3.8) is 0 Å². The maximum Gasteiger partial charge on any atom is 0.0705 e. The summed E-state index contributed by atoms with van der Waals surface area (Å²) < 4.78 is 0. The fourth-order valence-corrected chi connectivity index (χ4v) is 1.56. The maximum absolute atomic E-state index is 4.55. The molecule has 0 spiro atoms. The summed E-state index contributed by atoms with van der Waals surface area (Å²) in [5, 5.41) is 4.55. The van der Waals surface area contributed by atoms with Gasteiger partial charge < -0.3 is 0 Å². The Bertz CT molecular complexity index is 326. The van der Waals surface area contributed by atoms with Gasteiger partial charge in [0.2, 0.25) is 0 Å². The Morgan fingerprint density at radius 2 is 2.08 bits per heavy atom. The molecule has 67 valence electrons. The van der Waals surface area contributed by atoms with Crippen molar-refractivity contribution < 1.29 is 0 Å². The largest absolute Gasteiger partial charge is 0.253 e. The Morgan fingerprint density at radius 1 is 1.23 bits per heavy atom. The lowest BCUT2D eigenvalue weighted by Gasteiger charge is -1.99. The minimum Gasteiger partial charge on any atom is -0.253 e. The van der Waals surface area contributed by atoms with Gasteiger partial charge in [-0.1, -0.05) is 31.5 Å². The summed E-state index contributed by atoms with van der Waals surface area (Å²) in [5.74, 6) is 0. The molecule has 0 N–H and O–H groups in total. The highest BCUT2D eigenvalue weighted by atomic mass is 14.9. The van der Waals surface area contributed by atoms with Crippen molar-refractivity contribution >= 4 is 11.8 Å². The van der Waals surface area contributed by atoms with E-state index in [1.165, 1.54) is 24.1 Å². The topological polar surface area (TPSA) is 14.1 Å².